The highest BCUT2D eigenvalue weighted by Crippen LogP contribution is 2.14. The van der Waals surface area contributed by atoms with E-state index in [1.165, 1.54) is 10.6 Å². The molecule has 2 aromatic heterocycles. The minimum absolute atomic E-state index is 0.0740. The quantitative estimate of drug-likeness (QED) is 0.739. The van der Waals surface area contributed by atoms with Crippen molar-refractivity contribution in [2.45, 2.75) is 6.54 Å². The van der Waals surface area contributed by atoms with Gasteiger partial charge in [-0.25, -0.2) is 0 Å². The van der Waals surface area contributed by atoms with E-state index in [1.54, 1.807) is 24.4 Å². The maximum atomic E-state index is 12.0. The van der Waals surface area contributed by atoms with Crippen molar-refractivity contribution in [2.24, 2.45) is 0 Å². The van der Waals surface area contributed by atoms with Crippen LogP contribution in [-0.2, 0) is 6.54 Å². The van der Waals surface area contributed by atoms with Crippen LogP contribution < -0.4 is 5.56 Å². The van der Waals surface area contributed by atoms with Crippen molar-refractivity contribution >= 4 is 0 Å². The number of rotatable bonds is 2. The number of terminal acetylenes is 1. The van der Waals surface area contributed by atoms with Gasteiger partial charge in [-0.2, -0.15) is 5.26 Å². The van der Waals surface area contributed by atoms with Crippen LogP contribution in [0.3, 0.4) is 0 Å². The van der Waals surface area contributed by atoms with E-state index in [4.69, 9.17) is 11.7 Å². The predicted molar refractivity (Wildman–Crippen MR) is 67.5 cm³/mol. The second-order valence-electron chi connectivity index (χ2n) is 3.55. The lowest BCUT2D eigenvalue weighted by atomic mass is 10.2. The van der Waals surface area contributed by atoms with E-state index in [9.17, 15) is 4.79 Å². The molecule has 0 radical (unpaired) electrons. The highest BCUT2D eigenvalue weighted by atomic mass is 16.1. The van der Waals surface area contributed by atoms with Crippen molar-refractivity contribution in [1.29, 1.82) is 5.26 Å². The van der Waals surface area contributed by atoms with Crippen LogP contribution in [0, 0.1) is 23.7 Å². The number of pyridine rings is 2. The fourth-order valence-electron chi connectivity index (χ4n) is 1.65. The molecule has 0 aliphatic rings. The summed E-state index contributed by atoms with van der Waals surface area (Å²) in [4.78, 5) is 16.2. The Morgan fingerprint density at radius 3 is 2.78 bits per heavy atom. The van der Waals surface area contributed by atoms with E-state index in [-0.39, 0.29) is 12.1 Å². The van der Waals surface area contributed by atoms with Gasteiger partial charge in [0.1, 0.15) is 11.6 Å². The lowest BCUT2D eigenvalue weighted by Crippen LogP contribution is -2.23. The van der Waals surface area contributed by atoms with Crippen molar-refractivity contribution < 1.29 is 0 Å². The summed E-state index contributed by atoms with van der Waals surface area (Å²) in [7, 11) is 0. The Balaban J connectivity index is 2.71. The van der Waals surface area contributed by atoms with Gasteiger partial charge in [0.2, 0.25) is 0 Å². The Bertz CT molecular complexity index is 703. The van der Waals surface area contributed by atoms with Crippen LogP contribution >= 0.6 is 0 Å². The van der Waals surface area contributed by atoms with E-state index >= 15 is 0 Å². The van der Waals surface area contributed by atoms with E-state index < -0.39 is 5.56 Å². The molecule has 0 saturated carbocycles. The standard InChI is InChI=1S/C14H9N3O/c1-2-9-17-13(12-5-3-4-8-16-12)7-6-11(10-15)14(17)18/h1,3-8H,9H2. The topological polar surface area (TPSA) is 58.7 Å². The molecule has 2 rings (SSSR count). The molecule has 0 unspecified atom stereocenters. The van der Waals surface area contributed by atoms with E-state index in [2.05, 4.69) is 10.9 Å². The fraction of sp³-hybridized carbons (Fsp3) is 0.0714. The van der Waals surface area contributed by atoms with Gasteiger partial charge in [-0.15, -0.1) is 6.42 Å². The summed E-state index contributed by atoms with van der Waals surface area (Å²) in [5.41, 5.74) is 0.940. The molecule has 0 N–H and O–H groups in total. The molecule has 0 aliphatic heterocycles. The predicted octanol–water partition coefficient (Wildman–Crippen LogP) is 1.42. The van der Waals surface area contributed by atoms with Crippen LogP contribution in [0.15, 0.2) is 41.3 Å². The molecular formula is C14H9N3O. The van der Waals surface area contributed by atoms with Gasteiger partial charge in [-0.3, -0.25) is 14.3 Å². The number of nitriles is 1. The summed E-state index contributed by atoms with van der Waals surface area (Å²) in [5, 5.41) is 8.84. The molecule has 0 bridgehead atoms. The third kappa shape index (κ3) is 2.00. The van der Waals surface area contributed by atoms with Crippen molar-refractivity contribution in [3.05, 3.63) is 52.4 Å². The second-order valence-corrected chi connectivity index (χ2v) is 3.55. The molecule has 4 nitrogen and oxygen atoms in total. The molecule has 0 aromatic carbocycles. The van der Waals surface area contributed by atoms with Gasteiger partial charge in [0.05, 0.1) is 17.9 Å². The van der Waals surface area contributed by atoms with Crippen LogP contribution in [0.4, 0.5) is 0 Å². The van der Waals surface area contributed by atoms with Crippen LogP contribution in [0.25, 0.3) is 11.4 Å². The van der Waals surface area contributed by atoms with Crippen LogP contribution in [0.5, 0.6) is 0 Å². The first-order chi connectivity index (χ1) is 8.77. The second kappa shape index (κ2) is 4.99. The van der Waals surface area contributed by atoms with Crippen molar-refractivity contribution in [3.63, 3.8) is 0 Å². The molecular weight excluding hydrogens is 226 g/mol. The highest BCUT2D eigenvalue weighted by molar-refractivity contribution is 5.55. The molecule has 86 valence electrons. The molecule has 0 fully saturated rings. The lowest BCUT2D eigenvalue weighted by Gasteiger charge is -2.09. The minimum Gasteiger partial charge on any atom is -0.294 e. The highest BCUT2D eigenvalue weighted by Gasteiger charge is 2.09. The van der Waals surface area contributed by atoms with Gasteiger partial charge in [-0.05, 0) is 24.3 Å². The normalized spacial score (nSPS) is 9.44. The molecule has 4 heteroatoms. The zero-order valence-corrected chi connectivity index (χ0v) is 9.50. The van der Waals surface area contributed by atoms with Crippen molar-refractivity contribution in [3.8, 4) is 29.8 Å². The Labute approximate surface area is 104 Å². The first-order valence-electron chi connectivity index (χ1n) is 5.26. The molecule has 18 heavy (non-hydrogen) atoms. The number of hydrogen-bond acceptors (Lipinski definition) is 3. The van der Waals surface area contributed by atoms with E-state index in [0.717, 1.165) is 0 Å². The number of aromatic nitrogens is 2. The fourth-order valence-corrected chi connectivity index (χ4v) is 1.65. The molecule has 0 atom stereocenters. The minimum atomic E-state index is -0.390. The first-order valence-corrected chi connectivity index (χ1v) is 5.26. The molecule has 0 amide bonds. The van der Waals surface area contributed by atoms with Gasteiger partial charge < -0.3 is 0 Å². The third-order valence-electron chi connectivity index (χ3n) is 2.47. The zero-order chi connectivity index (χ0) is 13.0. The molecule has 0 aliphatic carbocycles. The smallest absolute Gasteiger partial charge is 0.269 e. The largest absolute Gasteiger partial charge is 0.294 e. The monoisotopic (exact) mass is 235 g/mol. The zero-order valence-electron chi connectivity index (χ0n) is 9.50. The third-order valence-corrected chi connectivity index (χ3v) is 2.47. The van der Waals surface area contributed by atoms with Gasteiger partial charge in [-0.1, -0.05) is 12.0 Å². The average molecular weight is 235 g/mol. The SMILES string of the molecule is C#CCn1c(-c2ccccn2)ccc(C#N)c1=O. The van der Waals surface area contributed by atoms with Crippen LogP contribution in [0.1, 0.15) is 5.56 Å². The van der Waals surface area contributed by atoms with Gasteiger partial charge >= 0.3 is 0 Å². The van der Waals surface area contributed by atoms with E-state index in [1.807, 2.05) is 12.1 Å². The number of hydrogen-bond donors (Lipinski definition) is 0. The van der Waals surface area contributed by atoms with Gasteiger partial charge in [0.15, 0.2) is 0 Å². The number of nitrogens with zero attached hydrogens (tertiary/aromatic N) is 3. The van der Waals surface area contributed by atoms with Gasteiger partial charge in [0.25, 0.3) is 5.56 Å². The maximum Gasteiger partial charge on any atom is 0.269 e. The first kappa shape index (κ1) is 11.6. The van der Waals surface area contributed by atoms with Crippen LogP contribution in [-0.4, -0.2) is 9.55 Å². The molecule has 0 spiro atoms. The summed E-state index contributed by atoms with van der Waals surface area (Å²) in [6.45, 7) is 0.111. The summed E-state index contributed by atoms with van der Waals surface area (Å²) in [5.74, 6) is 2.41. The molecule has 0 saturated heterocycles. The van der Waals surface area contributed by atoms with Crippen molar-refractivity contribution in [2.75, 3.05) is 0 Å². The summed E-state index contributed by atoms with van der Waals surface area (Å²) < 4.78 is 1.38. The Hall–Kier alpha value is -2.85. The summed E-state index contributed by atoms with van der Waals surface area (Å²) in [6, 6.07) is 10.4. The molecule has 2 heterocycles. The average Bonchev–Trinajstić information content (AvgIpc) is 2.42. The van der Waals surface area contributed by atoms with E-state index in [0.29, 0.717) is 11.4 Å². The maximum absolute atomic E-state index is 12.0. The Morgan fingerprint density at radius 1 is 1.33 bits per heavy atom. The van der Waals surface area contributed by atoms with Crippen molar-refractivity contribution in [1.82, 2.24) is 9.55 Å². The van der Waals surface area contributed by atoms with Gasteiger partial charge in [0, 0.05) is 6.20 Å². The molecule has 2 aromatic rings. The Morgan fingerprint density at radius 2 is 2.17 bits per heavy atom. The van der Waals surface area contributed by atoms with Crippen LogP contribution in [0.2, 0.25) is 0 Å². The lowest BCUT2D eigenvalue weighted by molar-refractivity contribution is 0.799. The summed E-state index contributed by atoms with van der Waals surface area (Å²) >= 11 is 0. The Kier molecular flexibility index (Phi) is 3.22. The summed E-state index contributed by atoms with van der Waals surface area (Å²) in [6.07, 6.45) is 6.89.